The fourth-order valence-electron chi connectivity index (χ4n) is 3.66. The Labute approximate surface area is 187 Å². The number of Topliss-reactive ketones (excluding diaryl/α,β-unsaturated/α-hetero) is 1. The van der Waals surface area contributed by atoms with Gasteiger partial charge in [-0.2, -0.15) is 0 Å². The molecule has 1 aliphatic rings. The summed E-state index contributed by atoms with van der Waals surface area (Å²) in [7, 11) is 1.54. The van der Waals surface area contributed by atoms with Crippen LogP contribution in [0.5, 0.6) is 5.75 Å². The van der Waals surface area contributed by atoms with E-state index in [1.807, 2.05) is 13.8 Å². The van der Waals surface area contributed by atoms with Crippen molar-refractivity contribution in [3.63, 3.8) is 0 Å². The van der Waals surface area contributed by atoms with E-state index < -0.39 is 23.5 Å². The number of hydrogen-bond donors (Lipinski definition) is 1. The lowest BCUT2D eigenvalue weighted by Crippen LogP contribution is -2.31. The van der Waals surface area contributed by atoms with E-state index in [0.29, 0.717) is 36.9 Å². The third-order valence-electron chi connectivity index (χ3n) is 5.18. The number of ether oxygens (including phenoxy) is 2. The van der Waals surface area contributed by atoms with Crippen LogP contribution >= 0.6 is 0 Å². The van der Waals surface area contributed by atoms with Crippen LogP contribution in [0.25, 0.3) is 5.76 Å². The van der Waals surface area contributed by atoms with E-state index >= 15 is 0 Å². The number of ketones is 1. The molecule has 1 atom stereocenters. The number of carbonyl (C=O) groups is 2. The van der Waals surface area contributed by atoms with Crippen molar-refractivity contribution in [2.24, 2.45) is 5.92 Å². The predicted octanol–water partition coefficient (Wildman–Crippen LogP) is 4.32. The quantitative estimate of drug-likeness (QED) is 0.272. The van der Waals surface area contributed by atoms with Gasteiger partial charge in [-0.1, -0.05) is 44.2 Å². The van der Waals surface area contributed by atoms with Gasteiger partial charge in [-0.3, -0.25) is 9.59 Å². The minimum atomic E-state index is -1.03. The highest BCUT2D eigenvalue weighted by Crippen LogP contribution is 2.40. The Kier molecular flexibility index (Phi) is 7.64. The first-order chi connectivity index (χ1) is 15.3. The zero-order valence-corrected chi connectivity index (χ0v) is 18.5. The fourth-order valence-corrected chi connectivity index (χ4v) is 3.66. The normalized spacial score (nSPS) is 17.9. The summed E-state index contributed by atoms with van der Waals surface area (Å²) in [5.74, 6) is -1.70. The maximum Gasteiger partial charge on any atom is 0.295 e. The predicted molar refractivity (Wildman–Crippen MR) is 119 cm³/mol. The Morgan fingerprint density at radius 1 is 1.16 bits per heavy atom. The minimum Gasteiger partial charge on any atom is -0.507 e. The van der Waals surface area contributed by atoms with Crippen LogP contribution in [0, 0.1) is 11.7 Å². The maximum atomic E-state index is 14.7. The van der Waals surface area contributed by atoms with Gasteiger partial charge in [0, 0.05) is 31.4 Å². The number of aliphatic hydroxyl groups is 1. The SMILES string of the molecule is COCCCN1C(=O)C(=O)/C(=C(\O)c2cccc(OCC(C)C)c2)C1c1ccccc1F. The Hall–Kier alpha value is -3.19. The Morgan fingerprint density at radius 3 is 2.59 bits per heavy atom. The van der Waals surface area contributed by atoms with Crippen molar-refractivity contribution in [1.82, 2.24) is 4.90 Å². The molecule has 2 aromatic rings. The van der Waals surface area contributed by atoms with Gasteiger partial charge in [-0.15, -0.1) is 0 Å². The van der Waals surface area contributed by atoms with E-state index in [4.69, 9.17) is 9.47 Å². The summed E-state index contributed by atoms with van der Waals surface area (Å²) < 4.78 is 25.5. The zero-order valence-electron chi connectivity index (χ0n) is 18.5. The molecule has 0 aliphatic carbocycles. The second kappa shape index (κ2) is 10.4. The number of carbonyl (C=O) groups excluding carboxylic acids is 2. The summed E-state index contributed by atoms with van der Waals surface area (Å²) in [5, 5.41) is 11.1. The molecule has 32 heavy (non-hydrogen) atoms. The number of hydrogen-bond acceptors (Lipinski definition) is 5. The molecule has 7 heteroatoms. The summed E-state index contributed by atoms with van der Waals surface area (Å²) in [4.78, 5) is 27.1. The maximum absolute atomic E-state index is 14.7. The number of halogens is 1. The number of aliphatic hydroxyl groups excluding tert-OH is 1. The van der Waals surface area contributed by atoms with Crippen molar-refractivity contribution in [1.29, 1.82) is 0 Å². The molecule has 0 radical (unpaired) electrons. The molecule has 0 saturated carbocycles. The van der Waals surface area contributed by atoms with Gasteiger partial charge in [0.1, 0.15) is 17.3 Å². The summed E-state index contributed by atoms with van der Waals surface area (Å²) in [6.45, 7) is 5.09. The molecular formula is C25H28FNO5. The molecule has 1 aliphatic heterocycles. The molecule has 1 saturated heterocycles. The number of likely N-dealkylation sites (tertiary alicyclic amines) is 1. The van der Waals surface area contributed by atoms with Crippen LogP contribution in [-0.4, -0.2) is 48.6 Å². The molecule has 1 heterocycles. The molecule has 1 unspecified atom stereocenters. The van der Waals surface area contributed by atoms with Crippen molar-refractivity contribution >= 4 is 17.4 Å². The monoisotopic (exact) mass is 441 g/mol. The zero-order chi connectivity index (χ0) is 23.3. The van der Waals surface area contributed by atoms with E-state index in [0.717, 1.165) is 0 Å². The molecule has 170 valence electrons. The molecule has 3 rings (SSSR count). The second-order valence-corrected chi connectivity index (χ2v) is 8.09. The molecule has 0 spiro atoms. The number of nitrogens with zero attached hydrogens (tertiary/aromatic N) is 1. The number of amides is 1. The lowest BCUT2D eigenvalue weighted by Gasteiger charge is -2.25. The molecule has 0 bridgehead atoms. The molecule has 6 nitrogen and oxygen atoms in total. The van der Waals surface area contributed by atoms with Gasteiger partial charge < -0.3 is 19.5 Å². The Morgan fingerprint density at radius 2 is 1.91 bits per heavy atom. The standard InChI is InChI=1S/C25H28FNO5/c1-16(2)15-32-18-9-6-8-17(14-18)23(28)21-22(19-10-4-5-11-20(19)26)27(12-7-13-31-3)25(30)24(21)29/h4-6,8-11,14,16,22,28H,7,12-13,15H2,1-3H3/b23-21-. The van der Waals surface area contributed by atoms with E-state index in [9.17, 15) is 19.1 Å². The van der Waals surface area contributed by atoms with Gasteiger partial charge >= 0.3 is 0 Å². The van der Waals surface area contributed by atoms with Crippen molar-refractivity contribution in [2.75, 3.05) is 26.9 Å². The fraction of sp³-hybridized carbons (Fsp3) is 0.360. The summed E-state index contributed by atoms with van der Waals surface area (Å²) in [6, 6.07) is 11.6. The molecule has 1 N–H and O–H groups in total. The highest BCUT2D eigenvalue weighted by molar-refractivity contribution is 6.46. The summed E-state index contributed by atoms with van der Waals surface area (Å²) in [5.41, 5.74) is 0.332. The highest BCUT2D eigenvalue weighted by atomic mass is 19.1. The van der Waals surface area contributed by atoms with Crippen LogP contribution in [0.2, 0.25) is 0 Å². The highest BCUT2D eigenvalue weighted by Gasteiger charge is 2.46. The third kappa shape index (κ3) is 4.99. The van der Waals surface area contributed by atoms with Crippen LogP contribution in [0.3, 0.4) is 0 Å². The lowest BCUT2D eigenvalue weighted by molar-refractivity contribution is -0.140. The molecular weight excluding hydrogens is 413 g/mol. The van der Waals surface area contributed by atoms with Crippen molar-refractivity contribution in [3.05, 3.63) is 71.0 Å². The van der Waals surface area contributed by atoms with Gasteiger partial charge in [0.25, 0.3) is 11.7 Å². The van der Waals surface area contributed by atoms with Gasteiger partial charge in [0.15, 0.2) is 0 Å². The average Bonchev–Trinajstić information content (AvgIpc) is 3.03. The van der Waals surface area contributed by atoms with E-state index in [2.05, 4.69) is 0 Å². The molecule has 2 aromatic carbocycles. The first-order valence-corrected chi connectivity index (χ1v) is 10.6. The van der Waals surface area contributed by atoms with Gasteiger partial charge in [0.05, 0.1) is 18.2 Å². The van der Waals surface area contributed by atoms with Crippen LogP contribution < -0.4 is 4.74 Å². The van der Waals surface area contributed by atoms with Crippen LogP contribution in [0.1, 0.15) is 37.4 Å². The van der Waals surface area contributed by atoms with Crippen LogP contribution in [0.4, 0.5) is 4.39 Å². The van der Waals surface area contributed by atoms with Crippen LogP contribution in [0.15, 0.2) is 54.1 Å². The first kappa shape index (κ1) is 23.5. The molecule has 1 amide bonds. The van der Waals surface area contributed by atoms with E-state index in [-0.39, 0.29) is 23.4 Å². The Bertz CT molecular complexity index is 1020. The summed E-state index contributed by atoms with van der Waals surface area (Å²) >= 11 is 0. The number of methoxy groups -OCH3 is 1. The van der Waals surface area contributed by atoms with Gasteiger partial charge in [-0.05, 0) is 30.5 Å². The lowest BCUT2D eigenvalue weighted by atomic mass is 9.95. The largest absolute Gasteiger partial charge is 0.507 e. The van der Waals surface area contributed by atoms with Gasteiger partial charge in [0.2, 0.25) is 0 Å². The minimum absolute atomic E-state index is 0.140. The van der Waals surface area contributed by atoms with E-state index in [1.165, 1.54) is 30.2 Å². The summed E-state index contributed by atoms with van der Waals surface area (Å²) in [6.07, 6.45) is 0.465. The van der Waals surface area contributed by atoms with Crippen molar-refractivity contribution in [2.45, 2.75) is 26.3 Å². The second-order valence-electron chi connectivity index (χ2n) is 8.09. The third-order valence-corrected chi connectivity index (χ3v) is 5.18. The number of benzene rings is 2. The first-order valence-electron chi connectivity index (χ1n) is 10.6. The van der Waals surface area contributed by atoms with Gasteiger partial charge in [-0.25, -0.2) is 4.39 Å². The molecule has 1 fully saturated rings. The smallest absolute Gasteiger partial charge is 0.295 e. The van der Waals surface area contributed by atoms with Crippen molar-refractivity contribution in [3.8, 4) is 5.75 Å². The van der Waals surface area contributed by atoms with E-state index in [1.54, 1.807) is 30.3 Å². The van der Waals surface area contributed by atoms with Crippen LogP contribution in [-0.2, 0) is 14.3 Å². The topological polar surface area (TPSA) is 76.1 Å². The Balaban J connectivity index is 2.08. The average molecular weight is 441 g/mol. The number of rotatable bonds is 9. The molecule has 0 aromatic heterocycles. The van der Waals surface area contributed by atoms with Crippen molar-refractivity contribution < 1.29 is 28.6 Å².